The van der Waals surface area contributed by atoms with Gasteiger partial charge < -0.3 is 10.3 Å². The molecule has 0 fully saturated rings. The normalized spacial score (nSPS) is 10.7. The summed E-state index contributed by atoms with van der Waals surface area (Å²) in [5, 5.41) is 16.6. The van der Waals surface area contributed by atoms with Crippen LogP contribution in [0.15, 0.2) is 18.3 Å². The van der Waals surface area contributed by atoms with Crippen LogP contribution < -0.4 is 5.32 Å². The van der Waals surface area contributed by atoms with Gasteiger partial charge in [0.2, 0.25) is 5.82 Å². The van der Waals surface area contributed by atoms with E-state index in [9.17, 15) is 4.79 Å². The Morgan fingerprint density at radius 2 is 2.09 bits per heavy atom. The highest BCUT2D eigenvalue weighted by atomic mass is 35.5. The minimum Gasteiger partial charge on any atom is -0.352 e. The Balaban J connectivity index is 1.78. The van der Waals surface area contributed by atoms with Crippen LogP contribution in [0.3, 0.4) is 0 Å². The fraction of sp³-hybridized carbons (Fsp3) is 0.0833. The maximum Gasteiger partial charge on any atom is 0.273 e. The molecule has 10 heteroatoms. The molecule has 3 aromatic heterocycles. The molecule has 0 aliphatic rings. The van der Waals surface area contributed by atoms with E-state index in [1.165, 1.54) is 6.20 Å². The van der Waals surface area contributed by atoms with E-state index >= 15 is 0 Å². The number of nitrogens with zero attached hydrogens (tertiary/aromatic N) is 4. The highest BCUT2D eigenvalue weighted by Crippen LogP contribution is 2.29. The number of pyridine rings is 1. The third kappa shape index (κ3) is 2.66. The number of rotatable bonds is 3. The van der Waals surface area contributed by atoms with Gasteiger partial charge in [0, 0.05) is 5.69 Å². The molecule has 0 radical (unpaired) electrons. The number of hydrogen-bond acceptors (Lipinski definition) is 5. The third-order valence-electron chi connectivity index (χ3n) is 2.88. The fourth-order valence-corrected chi connectivity index (χ4v) is 2.21. The maximum atomic E-state index is 12.2. The third-order valence-corrected chi connectivity index (χ3v) is 3.82. The van der Waals surface area contributed by atoms with Crippen LogP contribution in [0.4, 0.5) is 5.69 Å². The van der Waals surface area contributed by atoms with Crippen molar-refractivity contribution in [2.45, 2.75) is 6.92 Å². The number of aromatic amines is 2. The number of H-pyrrole nitrogens is 2. The minimum absolute atomic E-state index is 0.188. The van der Waals surface area contributed by atoms with E-state index in [4.69, 9.17) is 23.2 Å². The van der Waals surface area contributed by atoms with Crippen molar-refractivity contribution in [1.82, 2.24) is 30.6 Å². The molecule has 0 bridgehead atoms. The molecule has 112 valence electrons. The zero-order valence-corrected chi connectivity index (χ0v) is 12.7. The first-order valence-electron chi connectivity index (χ1n) is 6.11. The lowest BCUT2D eigenvalue weighted by Gasteiger charge is -2.04. The Bertz CT molecular complexity index is 811. The van der Waals surface area contributed by atoms with Crippen molar-refractivity contribution >= 4 is 34.8 Å². The first-order chi connectivity index (χ1) is 10.6. The van der Waals surface area contributed by atoms with Crippen LogP contribution in [0.2, 0.25) is 10.0 Å². The monoisotopic (exact) mass is 337 g/mol. The Morgan fingerprint density at radius 1 is 1.27 bits per heavy atom. The van der Waals surface area contributed by atoms with Gasteiger partial charge >= 0.3 is 0 Å². The van der Waals surface area contributed by atoms with E-state index in [1.54, 1.807) is 19.1 Å². The number of aromatic nitrogens is 6. The molecule has 0 unspecified atom stereocenters. The molecule has 1 amide bonds. The van der Waals surface area contributed by atoms with Gasteiger partial charge in [0.1, 0.15) is 11.4 Å². The highest BCUT2D eigenvalue weighted by Gasteiger charge is 2.18. The number of amides is 1. The summed E-state index contributed by atoms with van der Waals surface area (Å²) in [4.78, 5) is 19.1. The summed E-state index contributed by atoms with van der Waals surface area (Å²) in [5.41, 5.74) is 1.86. The van der Waals surface area contributed by atoms with Crippen molar-refractivity contribution in [1.29, 1.82) is 0 Å². The van der Waals surface area contributed by atoms with Gasteiger partial charge in [0.05, 0.1) is 21.9 Å². The van der Waals surface area contributed by atoms with Gasteiger partial charge in [-0.25, -0.2) is 0 Å². The number of halogens is 2. The van der Waals surface area contributed by atoms with E-state index < -0.39 is 5.91 Å². The maximum absolute atomic E-state index is 12.2. The average molecular weight is 338 g/mol. The lowest BCUT2D eigenvalue weighted by atomic mass is 10.3. The SMILES string of the molecule is Cc1[nH]c(C(=O)Nc2ccc(-c3nn[nH]n3)nc2)c(Cl)c1Cl. The van der Waals surface area contributed by atoms with E-state index in [0.29, 0.717) is 27.9 Å². The highest BCUT2D eigenvalue weighted by molar-refractivity contribution is 6.44. The van der Waals surface area contributed by atoms with Gasteiger partial charge in [-0.05, 0) is 24.3 Å². The van der Waals surface area contributed by atoms with Crippen LogP contribution >= 0.6 is 23.2 Å². The molecule has 8 nitrogen and oxygen atoms in total. The Labute approximate surface area is 134 Å². The number of anilines is 1. The predicted molar refractivity (Wildman–Crippen MR) is 80.9 cm³/mol. The van der Waals surface area contributed by atoms with Gasteiger partial charge in [-0.1, -0.05) is 23.2 Å². The standard InChI is InChI=1S/C12H9Cl2N7O/c1-5-8(13)9(14)10(16-5)12(22)17-6-2-3-7(15-4-6)11-18-20-21-19-11/h2-4,16H,1H3,(H,17,22)(H,18,19,20,21). The Morgan fingerprint density at radius 3 is 2.64 bits per heavy atom. The van der Waals surface area contributed by atoms with Crippen LogP contribution in [-0.2, 0) is 0 Å². The van der Waals surface area contributed by atoms with Gasteiger partial charge in [0.15, 0.2) is 0 Å². The lowest BCUT2D eigenvalue weighted by Crippen LogP contribution is -2.13. The number of aryl methyl sites for hydroxylation is 1. The molecular weight excluding hydrogens is 329 g/mol. The summed E-state index contributed by atoms with van der Waals surface area (Å²) < 4.78 is 0. The number of nitrogens with one attached hydrogen (secondary N) is 3. The van der Waals surface area contributed by atoms with Crippen molar-refractivity contribution in [3.8, 4) is 11.5 Å². The van der Waals surface area contributed by atoms with Crippen molar-refractivity contribution in [2.24, 2.45) is 0 Å². The zero-order chi connectivity index (χ0) is 15.7. The predicted octanol–water partition coefficient (Wildman–Crippen LogP) is 2.46. The topological polar surface area (TPSA) is 112 Å². The molecule has 0 aliphatic carbocycles. The molecule has 0 spiro atoms. The van der Waals surface area contributed by atoms with Crippen LogP contribution in [0, 0.1) is 6.92 Å². The average Bonchev–Trinajstić information content (AvgIpc) is 3.13. The van der Waals surface area contributed by atoms with Crippen molar-refractivity contribution in [3.63, 3.8) is 0 Å². The number of tetrazole rings is 1. The largest absolute Gasteiger partial charge is 0.352 e. The summed E-state index contributed by atoms with van der Waals surface area (Å²) in [6.45, 7) is 1.73. The second-order valence-electron chi connectivity index (χ2n) is 4.37. The lowest BCUT2D eigenvalue weighted by molar-refractivity contribution is 0.102. The smallest absolute Gasteiger partial charge is 0.273 e. The minimum atomic E-state index is -0.408. The molecule has 3 N–H and O–H groups in total. The van der Waals surface area contributed by atoms with E-state index in [1.807, 2.05) is 0 Å². The molecule has 22 heavy (non-hydrogen) atoms. The summed E-state index contributed by atoms with van der Waals surface area (Å²) in [5.74, 6) is -0.0400. The molecule has 3 heterocycles. The van der Waals surface area contributed by atoms with Gasteiger partial charge in [-0.15, -0.1) is 10.2 Å². The van der Waals surface area contributed by atoms with Crippen LogP contribution in [-0.4, -0.2) is 36.5 Å². The molecule has 0 saturated heterocycles. The van der Waals surface area contributed by atoms with Crippen LogP contribution in [0.25, 0.3) is 11.5 Å². The Hall–Kier alpha value is -2.45. The summed E-state index contributed by atoms with van der Waals surface area (Å²) >= 11 is 11.9. The summed E-state index contributed by atoms with van der Waals surface area (Å²) in [6.07, 6.45) is 1.48. The molecule has 0 saturated carbocycles. The second kappa shape index (κ2) is 5.74. The summed E-state index contributed by atoms with van der Waals surface area (Å²) in [7, 11) is 0. The number of hydrogen-bond donors (Lipinski definition) is 3. The van der Waals surface area contributed by atoms with Crippen molar-refractivity contribution in [2.75, 3.05) is 5.32 Å². The van der Waals surface area contributed by atoms with Crippen molar-refractivity contribution < 1.29 is 4.79 Å². The fourth-order valence-electron chi connectivity index (χ4n) is 1.79. The first kappa shape index (κ1) is 14.5. The van der Waals surface area contributed by atoms with E-state index in [0.717, 1.165) is 0 Å². The molecular formula is C12H9Cl2N7O. The molecule has 0 aliphatic heterocycles. The second-order valence-corrected chi connectivity index (χ2v) is 5.13. The first-order valence-corrected chi connectivity index (χ1v) is 6.86. The van der Waals surface area contributed by atoms with Gasteiger partial charge in [-0.3, -0.25) is 9.78 Å². The molecule has 3 rings (SSSR count). The molecule has 0 aromatic carbocycles. The molecule has 3 aromatic rings. The number of carbonyl (C=O) groups excluding carboxylic acids is 1. The van der Waals surface area contributed by atoms with E-state index in [-0.39, 0.29) is 10.7 Å². The van der Waals surface area contributed by atoms with Crippen molar-refractivity contribution in [3.05, 3.63) is 39.8 Å². The number of carbonyl (C=O) groups is 1. The summed E-state index contributed by atoms with van der Waals surface area (Å²) in [6, 6.07) is 3.33. The Kier molecular flexibility index (Phi) is 3.78. The van der Waals surface area contributed by atoms with E-state index in [2.05, 4.69) is 35.9 Å². The van der Waals surface area contributed by atoms with Gasteiger partial charge in [0.25, 0.3) is 5.91 Å². The van der Waals surface area contributed by atoms with Gasteiger partial charge in [-0.2, -0.15) is 5.21 Å². The quantitative estimate of drug-likeness (QED) is 0.679. The molecule has 0 atom stereocenters. The van der Waals surface area contributed by atoms with Crippen LogP contribution in [0.5, 0.6) is 0 Å². The zero-order valence-electron chi connectivity index (χ0n) is 11.2. The van der Waals surface area contributed by atoms with Crippen LogP contribution in [0.1, 0.15) is 16.2 Å².